The number of hydrogen-bond acceptors (Lipinski definition) is 2. The summed E-state index contributed by atoms with van der Waals surface area (Å²) in [7, 11) is 0. The first-order valence-electron chi connectivity index (χ1n) is 8.15. The van der Waals surface area contributed by atoms with Crippen molar-refractivity contribution in [3.63, 3.8) is 0 Å². The zero-order chi connectivity index (χ0) is 15.8. The molecule has 2 rings (SSSR count). The van der Waals surface area contributed by atoms with Gasteiger partial charge in [-0.1, -0.05) is 44.5 Å². The molecule has 0 radical (unpaired) electrons. The Balaban J connectivity index is 2.11. The van der Waals surface area contributed by atoms with E-state index in [0.717, 1.165) is 31.6 Å². The molecule has 0 fully saturated rings. The van der Waals surface area contributed by atoms with Crippen LogP contribution in [-0.4, -0.2) is 19.1 Å². The van der Waals surface area contributed by atoms with Gasteiger partial charge in [0.1, 0.15) is 5.75 Å². The van der Waals surface area contributed by atoms with E-state index in [2.05, 4.69) is 42.6 Å². The zero-order valence-corrected chi connectivity index (χ0v) is 13.5. The van der Waals surface area contributed by atoms with Gasteiger partial charge in [-0.2, -0.15) is 0 Å². The average Bonchev–Trinajstić information content (AvgIpc) is 2.55. The van der Waals surface area contributed by atoms with E-state index in [-0.39, 0.29) is 5.91 Å². The Morgan fingerprint density at radius 2 is 2.05 bits per heavy atom. The number of hydrogen-bond donors (Lipinski definition) is 1. The molecule has 2 aromatic rings. The molecule has 0 aliphatic heterocycles. The number of nitrogens with one attached hydrogen (secondary N) is 1. The van der Waals surface area contributed by atoms with Crippen molar-refractivity contribution in [2.75, 3.05) is 13.2 Å². The summed E-state index contributed by atoms with van der Waals surface area (Å²) >= 11 is 0. The van der Waals surface area contributed by atoms with E-state index in [4.69, 9.17) is 4.74 Å². The third-order valence-electron chi connectivity index (χ3n) is 3.75. The maximum Gasteiger partial charge on any atom is 0.219 e. The van der Waals surface area contributed by atoms with Crippen molar-refractivity contribution in [1.29, 1.82) is 0 Å². The Morgan fingerprint density at radius 1 is 1.18 bits per heavy atom. The van der Waals surface area contributed by atoms with Crippen molar-refractivity contribution in [3.8, 4) is 5.75 Å². The minimum atomic E-state index is 0.101. The molecule has 3 heteroatoms. The number of carbonyl (C=O) groups is 1. The van der Waals surface area contributed by atoms with Crippen molar-refractivity contribution < 1.29 is 9.53 Å². The van der Waals surface area contributed by atoms with Gasteiger partial charge in [0.2, 0.25) is 5.91 Å². The highest BCUT2D eigenvalue weighted by Gasteiger charge is 2.04. The van der Waals surface area contributed by atoms with Crippen LogP contribution in [0.2, 0.25) is 0 Å². The van der Waals surface area contributed by atoms with Gasteiger partial charge in [0.25, 0.3) is 0 Å². The maximum absolute atomic E-state index is 11.3. The summed E-state index contributed by atoms with van der Waals surface area (Å²) in [6, 6.07) is 12.5. The number of rotatable bonds is 8. The first-order valence-corrected chi connectivity index (χ1v) is 8.15. The molecule has 0 aromatic heterocycles. The van der Waals surface area contributed by atoms with Crippen LogP contribution in [0.3, 0.4) is 0 Å². The Kier molecular flexibility index (Phi) is 6.26. The minimum Gasteiger partial charge on any atom is -0.494 e. The minimum absolute atomic E-state index is 0.101. The lowest BCUT2D eigenvalue weighted by Gasteiger charge is -2.10. The van der Waals surface area contributed by atoms with Gasteiger partial charge in [0.15, 0.2) is 0 Å². The molecule has 0 saturated carbocycles. The number of fused-ring (bicyclic) bond motifs is 1. The predicted molar refractivity (Wildman–Crippen MR) is 91.4 cm³/mol. The van der Waals surface area contributed by atoms with E-state index >= 15 is 0 Å². The molecule has 0 spiro atoms. The van der Waals surface area contributed by atoms with Crippen LogP contribution in [0.15, 0.2) is 36.4 Å². The fourth-order valence-electron chi connectivity index (χ4n) is 2.42. The lowest BCUT2D eigenvalue weighted by molar-refractivity contribution is -0.120. The van der Waals surface area contributed by atoms with E-state index in [1.807, 2.05) is 13.0 Å². The lowest BCUT2D eigenvalue weighted by Crippen LogP contribution is -2.24. The van der Waals surface area contributed by atoms with Gasteiger partial charge >= 0.3 is 0 Å². The largest absolute Gasteiger partial charge is 0.494 e. The molecule has 1 amide bonds. The summed E-state index contributed by atoms with van der Waals surface area (Å²) in [6.45, 7) is 5.46. The Labute approximate surface area is 132 Å². The van der Waals surface area contributed by atoms with Crippen LogP contribution in [0.4, 0.5) is 0 Å². The zero-order valence-electron chi connectivity index (χ0n) is 13.5. The molecular weight excluding hydrogens is 274 g/mol. The van der Waals surface area contributed by atoms with Crippen molar-refractivity contribution in [2.24, 2.45) is 0 Å². The van der Waals surface area contributed by atoms with Crippen LogP contribution in [-0.2, 0) is 11.2 Å². The first-order chi connectivity index (χ1) is 10.7. The molecule has 0 unspecified atom stereocenters. The van der Waals surface area contributed by atoms with Crippen molar-refractivity contribution in [1.82, 2.24) is 5.32 Å². The third kappa shape index (κ3) is 4.48. The van der Waals surface area contributed by atoms with Crippen molar-refractivity contribution in [2.45, 2.75) is 39.5 Å². The van der Waals surface area contributed by atoms with Gasteiger partial charge in [0, 0.05) is 13.0 Å². The van der Waals surface area contributed by atoms with Gasteiger partial charge in [0.05, 0.1) is 6.61 Å². The SMILES string of the molecule is CCCCOc1ccc2cccc(CCNC(=O)CC)c2c1. The summed E-state index contributed by atoms with van der Waals surface area (Å²) in [5.41, 5.74) is 1.25. The van der Waals surface area contributed by atoms with Gasteiger partial charge in [-0.3, -0.25) is 4.79 Å². The van der Waals surface area contributed by atoms with E-state index in [0.29, 0.717) is 13.0 Å². The quantitative estimate of drug-likeness (QED) is 0.746. The monoisotopic (exact) mass is 299 g/mol. The molecule has 22 heavy (non-hydrogen) atoms. The second-order valence-corrected chi connectivity index (χ2v) is 5.46. The molecule has 0 bridgehead atoms. The summed E-state index contributed by atoms with van der Waals surface area (Å²) in [4.78, 5) is 11.3. The Hall–Kier alpha value is -2.03. The van der Waals surface area contributed by atoms with E-state index in [1.54, 1.807) is 0 Å². The summed E-state index contributed by atoms with van der Waals surface area (Å²) in [5.74, 6) is 1.02. The van der Waals surface area contributed by atoms with Crippen molar-refractivity contribution >= 4 is 16.7 Å². The molecule has 0 atom stereocenters. The Morgan fingerprint density at radius 3 is 2.82 bits per heavy atom. The maximum atomic E-state index is 11.3. The van der Waals surface area contributed by atoms with Crippen molar-refractivity contribution in [3.05, 3.63) is 42.0 Å². The highest BCUT2D eigenvalue weighted by molar-refractivity contribution is 5.87. The van der Waals surface area contributed by atoms with Crippen LogP contribution in [0.25, 0.3) is 10.8 Å². The second-order valence-electron chi connectivity index (χ2n) is 5.46. The lowest BCUT2D eigenvalue weighted by atomic mass is 10.0. The van der Waals surface area contributed by atoms with Crippen LogP contribution in [0.1, 0.15) is 38.7 Å². The molecule has 0 heterocycles. The molecule has 0 aliphatic rings. The predicted octanol–water partition coefficient (Wildman–Crippen LogP) is 4.09. The molecule has 3 nitrogen and oxygen atoms in total. The molecule has 0 aliphatic carbocycles. The number of amides is 1. The third-order valence-corrected chi connectivity index (χ3v) is 3.75. The standard InChI is InChI=1S/C19H25NO2/c1-3-5-13-22-17-10-9-15-7-6-8-16(18(15)14-17)11-12-20-19(21)4-2/h6-10,14H,3-5,11-13H2,1-2H3,(H,20,21). The molecular formula is C19H25NO2. The smallest absolute Gasteiger partial charge is 0.219 e. The summed E-state index contributed by atoms with van der Waals surface area (Å²) in [5, 5.41) is 5.35. The number of unbranched alkanes of at least 4 members (excludes halogenated alkanes) is 1. The molecule has 1 N–H and O–H groups in total. The summed E-state index contributed by atoms with van der Waals surface area (Å²) < 4.78 is 5.80. The highest BCUT2D eigenvalue weighted by atomic mass is 16.5. The molecule has 2 aromatic carbocycles. The first kappa shape index (κ1) is 16.3. The van der Waals surface area contributed by atoms with Crippen LogP contribution in [0, 0.1) is 0 Å². The van der Waals surface area contributed by atoms with E-state index < -0.39 is 0 Å². The van der Waals surface area contributed by atoms with E-state index in [1.165, 1.54) is 16.3 Å². The van der Waals surface area contributed by atoms with Crippen LogP contribution in [0.5, 0.6) is 5.75 Å². The number of ether oxygens (including phenoxy) is 1. The fraction of sp³-hybridized carbons (Fsp3) is 0.421. The van der Waals surface area contributed by atoms with Crippen LogP contribution >= 0.6 is 0 Å². The topological polar surface area (TPSA) is 38.3 Å². The summed E-state index contributed by atoms with van der Waals surface area (Å²) in [6.07, 6.45) is 3.57. The Bertz CT molecular complexity index is 622. The van der Waals surface area contributed by atoms with Gasteiger partial charge in [-0.15, -0.1) is 0 Å². The molecule has 118 valence electrons. The van der Waals surface area contributed by atoms with E-state index in [9.17, 15) is 4.79 Å². The number of benzene rings is 2. The normalized spacial score (nSPS) is 10.6. The average molecular weight is 299 g/mol. The number of carbonyl (C=O) groups excluding carboxylic acids is 1. The second kappa shape index (κ2) is 8.42. The molecule has 0 saturated heterocycles. The van der Waals surface area contributed by atoms with Gasteiger partial charge in [-0.05, 0) is 41.3 Å². The van der Waals surface area contributed by atoms with Crippen LogP contribution < -0.4 is 10.1 Å². The highest BCUT2D eigenvalue weighted by Crippen LogP contribution is 2.24. The van der Waals surface area contributed by atoms with Gasteiger partial charge < -0.3 is 10.1 Å². The van der Waals surface area contributed by atoms with Gasteiger partial charge in [-0.25, -0.2) is 0 Å². The fourth-order valence-corrected chi connectivity index (χ4v) is 2.42.